The maximum absolute atomic E-state index is 12.4. The Morgan fingerprint density at radius 1 is 1.39 bits per heavy atom. The number of nitrogen functional groups attached to an aromatic ring is 1. The first-order valence-electron chi connectivity index (χ1n) is 6.68. The van der Waals surface area contributed by atoms with Crippen LogP contribution in [-0.4, -0.2) is 54.0 Å². The van der Waals surface area contributed by atoms with Crippen molar-refractivity contribution in [2.24, 2.45) is 0 Å². The number of amides is 2. The lowest BCUT2D eigenvalue weighted by Gasteiger charge is -2.25. The van der Waals surface area contributed by atoms with Crippen LogP contribution in [0, 0.1) is 0 Å². The molecule has 1 aromatic carbocycles. The number of carbonyl (C=O) groups is 2. The molecule has 1 saturated heterocycles. The molecule has 2 amide bonds. The van der Waals surface area contributed by atoms with Crippen LogP contribution in [0.1, 0.15) is 16.8 Å². The Labute approximate surface area is 137 Å². The molecule has 1 aromatic rings. The quantitative estimate of drug-likeness (QED) is 0.846. The number of carbonyl (C=O) groups excluding carboxylic acids is 2. The monoisotopic (exact) mass is 351 g/mol. The molecular weight excluding hydrogens is 335 g/mol. The van der Waals surface area contributed by atoms with Crippen LogP contribution in [0.2, 0.25) is 0 Å². The van der Waals surface area contributed by atoms with Crippen LogP contribution < -0.4 is 5.73 Å². The summed E-state index contributed by atoms with van der Waals surface area (Å²) in [4.78, 5) is 26.3. The summed E-state index contributed by atoms with van der Waals surface area (Å²) in [6.07, 6.45) is -4.28. The van der Waals surface area contributed by atoms with Gasteiger partial charge in [-0.3, -0.25) is 9.59 Å². The number of para-hydroxylation sites is 1. The summed E-state index contributed by atoms with van der Waals surface area (Å²) in [6.45, 7) is -1.32. The number of nitrogens with two attached hydrogens (primary N) is 1. The lowest BCUT2D eigenvalue weighted by atomic mass is 10.1. The molecule has 23 heavy (non-hydrogen) atoms. The number of halogens is 4. The zero-order valence-corrected chi connectivity index (χ0v) is 13.2. The van der Waals surface area contributed by atoms with Crippen molar-refractivity contribution in [1.29, 1.82) is 0 Å². The molecule has 0 spiro atoms. The second kappa shape index (κ2) is 7.08. The van der Waals surface area contributed by atoms with E-state index in [9.17, 15) is 22.8 Å². The average Bonchev–Trinajstić information content (AvgIpc) is 2.77. The maximum Gasteiger partial charge on any atom is 0.406 e. The first-order valence-corrected chi connectivity index (χ1v) is 6.68. The number of nitrogens with zero attached hydrogens (tertiary/aromatic N) is 2. The summed E-state index contributed by atoms with van der Waals surface area (Å²) in [5.74, 6) is -1.17. The molecule has 2 rings (SSSR count). The number of hydrogen-bond acceptors (Lipinski definition) is 3. The Balaban J connectivity index is 0.00000264. The number of benzene rings is 1. The number of likely N-dealkylation sites (tertiary alicyclic amines) is 1. The van der Waals surface area contributed by atoms with Gasteiger partial charge in [0.1, 0.15) is 12.6 Å². The Kier molecular flexibility index (Phi) is 5.87. The minimum atomic E-state index is -4.45. The van der Waals surface area contributed by atoms with Gasteiger partial charge in [-0.2, -0.15) is 13.2 Å². The number of rotatable bonds is 3. The summed E-state index contributed by atoms with van der Waals surface area (Å²) in [5, 5.41) is 0. The van der Waals surface area contributed by atoms with Crippen molar-refractivity contribution in [3.8, 4) is 0 Å². The van der Waals surface area contributed by atoms with E-state index in [1.54, 1.807) is 18.2 Å². The highest BCUT2D eigenvalue weighted by Crippen LogP contribution is 2.24. The normalized spacial score (nSPS) is 17.8. The molecule has 1 fully saturated rings. The minimum Gasteiger partial charge on any atom is -0.398 e. The fraction of sp³-hybridized carbons (Fsp3) is 0.429. The van der Waals surface area contributed by atoms with Gasteiger partial charge in [-0.25, -0.2) is 0 Å². The van der Waals surface area contributed by atoms with Crippen LogP contribution in [0.3, 0.4) is 0 Å². The van der Waals surface area contributed by atoms with Crippen molar-refractivity contribution in [3.63, 3.8) is 0 Å². The van der Waals surface area contributed by atoms with Crippen LogP contribution in [0.25, 0.3) is 0 Å². The zero-order chi connectivity index (χ0) is 16.5. The van der Waals surface area contributed by atoms with Crippen molar-refractivity contribution < 1.29 is 22.8 Å². The van der Waals surface area contributed by atoms with E-state index in [4.69, 9.17) is 5.73 Å². The van der Waals surface area contributed by atoms with Crippen molar-refractivity contribution in [2.75, 3.05) is 25.9 Å². The maximum atomic E-state index is 12.4. The summed E-state index contributed by atoms with van der Waals surface area (Å²) in [6, 6.07) is 5.46. The molecule has 1 atom stereocenters. The Bertz CT molecular complexity index is 595. The molecule has 1 unspecified atom stereocenters. The highest BCUT2D eigenvalue weighted by molar-refractivity contribution is 6.01. The zero-order valence-electron chi connectivity index (χ0n) is 12.3. The van der Waals surface area contributed by atoms with Gasteiger partial charge in [0.15, 0.2) is 0 Å². The van der Waals surface area contributed by atoms with Crippen LogP contribution >= 0.6 is 12.4 Å². The molecule has 0 bridgehead atoms. The van der Waals surface area contributed by atoms with Gasteiger partial charge >= 0.3 is 6.18 Å². The van der Waals surface area contributed by atoms with Gasteiger partial charge in [0, 0.05) is 19.3 Å². The molecular formula is C14H17ClF3N3O2. The van der Waals surface area contributed by atoms with E-state index in [-0.39, 0.29) is 36.6 Å². The SMILES string of the molecule is CN(C(=O)c1ccccc1N)C1CCN(CC(F)(F)F)C1=O.Cl. The summed E-state index contributed by atoms with van der Waals surface area (Å²) in [5.41, 5.74) is 6.20. The average molecular weight is 352 g/mol. The fourth-order valence-electron chi connectivity index (χ4n) is 2.48. The highest BCUT2D eigenvalue weighted by Gasteiger charge is 2.41. The van der Waals surface area contributed by atoms with Gasteiger partial charge in [-0.05, 0) is 18.6 Å². The third kappa shape index (κ3) is 4.28. The first-order chi connectivity index (χ1) is 10.2. The minimum absolute atomic E-state index is 0. The van der Waals surface area contributed by atoms with Crippen LogP contribution in [-0.2, 0) is 4.79 Å². The van der Waals surface area contributed by atoms with Gasteiger partial charge in [0.05, 0.1) is 5.56 Å². The van der Waals surface area contributed by atoms with Crippen LogP contribution in [0.5, 0.6) is 0 Å². The number of hydrogen-bond donors (Lipinski definition) is 1. The van der Waals surface area contributed by atoms with E-state index in [1.807, 2.05) is 0 Å². The summed E-state index contributed by atoms with van der Waals surface area (Å²) >= 11 is 0. The van der Waals surface area contributed by atoms with Crippen molar-refractivity contribution in [2.45, 2.75) is 18.6 Å². The summed E-state index contributed by atoms with van der Waals surface area (Å²) in [7, 11) is 1.40. The van der Waals surface area contributed by atoms with E-state index in [2.05, 4.69) is 0 Å². The molecule has 2 N–H and O–H groups in total. The molecule has 5 nitrogen and oxygen atoms in total. The lowest BCUT2D eigenvalue weighted by molar-refractivity contribution is -0.158. The Morgan fingerprint density at radius 3 is 2.57 bits per heavy atom. The van der Waals surface area contributed by atoms with Crippen LogP contribution in [0.4, 0.5) is 18.9 Å². The van der Waals surface area contributed by atoms with Gasteiger partial charge < -0.3 is 15.5 Å². The van der Waals surface area contributed by atoms with Gasteiger partial charge in [0.2, 0.25) is 5.91 Å². The molecule has 128 valence electrons. The predicted octanol–water partition coefficient (Wildman–Crippen LogP) is 1.93. The van der Waals surface area contributed by atoms with Gasteiger partial charge in [-0.15, -0.1) is 12.4 Å². The van der Waals surface area contributed by atoms with Crippen molar-refractivity contribution >= 4 is 29.9 Å². The van der Waals surface area contributed by atoms with Gasteiger partial charge in [0.25, 0.3) is 5.91 Å². The predicted molar refractivity (Wildman–Crippen MR) is 81.2 cm³/mol. The van der Waals surface area contributed by atoms with E-state index in [0.29, 0.717) is 0 Å². The second-order valence-electron chi connectivity index (χ2n) is 5.18. The molecule has 0 radical (unpaired) electrons. The molecule has 1 heterocycles. The number of likely N-dealkylation sites (N-methyl/N-ethyl adjacent to an activating group) is 1. The second-order valence-corrected chi connectivity index (χ2v) is 5.18. The van der Waals surface area contributed by atoms with E-state index < -0.39 is 30.6 Å². The van der Waals surface area contributed by atoms with E-state index in [0.717, 1.165) is 9.80 Å². The Hall–Kier alpha value is -1.96. The highest BCUT2D eigenvalue weighted by atomic mass is 35.5. The van der Waals surface area contributed by atoms with E-state index >= 15 is 0 Å². The number of alkyl halides is 3. The third-order valence-electron chi connectivity index (χ3n) is 3.62. The van der Waals surface area contributed by atoms with Crippen LogP contribution in [0.15, 0.2) is 24.3 Å². The standard InChI is InChI=1S/C14H16F3N3O2.ClH/c1-19(12(21)9-4-2-3-5-10(9)18)11-6-7-20(13(11)22)8-14(15,16)17;/h2-5,11H,6-8,18H2,1H3;1H. The number of anilines is 1. The molecule has 1 aliphatic rings. The molecule has 0 aliphatic carbocycles. The summed E-state index contributed by atoms with van der Waals surface area (Å²) < 4.78 is 37.2. The molecule has 0 aromatic heterocycles. The van der Waals surface area contributed by atoms with E-state index in [1.165, 1.54) is 13.1 Å². The molecule has 0 saturated carbocycles. The van der Waals surface area contributed by atoms with Gasteiger partial charge in [-0.1, -0.05) is 12.1 Å². The smallest absolute Gasteiger partial charge is 0.398 e. The Morgan fingerprint density at radius 2 is 2.00 bits per heavy atom. The van der Waals surface area contributed by atoms with Crippen molar-refractivity contribution in [1.82, 2.24) is 9.80 Å². The molecule has 1 aliphatic heterocycles. The fourth-order valence-corrected chi connectivity index (χ4v) is 2.48. The lowest BCUT2D eigenvalue weighted by Crippen LogP contribution is -2.44. The molecule has 9 heteroatoms. The first kappa shape index (κ1) is 19.1. The topological polar surface area (TPSA) is 66.6 Å². The largest absolute Gasteiger partial charge is 0.406 e. The van der Waals surface area contributed by atoms with Crippen molar-refractivity contribution in [3.05, 3.63) is 29.8 Å². The third-order valence-corrected chi connectivity index (χ3v) is 3.62.